The Bertz CT molecular complexity index is 641. The summed E-state index contributed by atoms with van der Waals surface area (Å²) in [5.74, 6) is -0.810. The Kier molecular flexibility index (Phi) is 6.37. The minimum Gasteiger partial charge on any atom is -0.337 e. The van der Waals surface area contributed by atoms with Crippen molar-refractivity contribution in [2.45, 2.75) is 19.4 Å². The van der Waals surface area contributed by atoms with E-state index in [0.717, 1.165) is 13.1 Å². The molecule has 0 bridgehead atoms. The van der Waals surface area contributed by atoms with Gasteiger partial charge in [0, 0.05) is 37.9 Å². The number of hydrogen-bond donors (Lipinski definition) is 1. The summed E-state index contributed by atoms with van der Waals surface area (Å²) in [6.45, 7) is 4.71. The van der Waals surface area contributed by atoms with Crippen LogP contribution in [0, 0.1) is 5.92 Å². The summed E-state index contributed by atoms with van der Waals surface area (Å²) in [4.78, 5) is 28.8. The highest BCUT2D eigenvalue weighted by Crippen LogP contribution is 2.31. The molecule has 1 aromatic carbocycles. The molecule has 8 heteroatoms. The van der Waals surface area contributed by atoms with E-state index in [-0.39, 0.29) is 30.3 Å². The smallest absolute Gasteiger partial charge is 0.239 e. The van der Waals surface area contributed by atoms with Crippen molar-refractivity contribution < 1.29 is 9.59 Å². The number of piperazine rings is 1. The molecule has 24 heavy (non-hydrogen) atoms. The molecule has 2 aliphatic rings. The first-order valence-electron chi connectivity index (χ1n) is 7.76. The molecule has 0 aromatic heterocycles. The quantitative estimate of drug-likeness (QED) is 0.787. The monoisotopic (exact) mass is 391 g/mol. The number of hydrogen-bond acceptors (Lipinski definition) is 3. The number of rotatable bonds is 2. The summed E-state index contributed by atoms with van der Waals surface area (Å²) < 4.78 is 0. The molecule has 0 saturated carbocycles. The van der Waals surface area contributed by atoms with E-state index >= 15 is 0 Å². The molecule has 2 aliphatic heterocycles. The van der Waals surface area contributed by atoms with Crippen LogP contribution in [0.15, 0.2) is 18.2 Å². The molecule has 2 saturated heterocycles. The lowest BCUT2D eigenvalue weighted by Crippen LogP contribution is -2.54. The predicted octanol–water partition coefficient (Wildman–Crippen LogP) is 2.59. The molecule has 1 aromatic rings. The van der Waals surface area contributed by atoms with Gasteiger partial charge in [-0.05, 0) is 31.5 Å². The fourth-order valence-electron chi connectivity index (χ4n) is 3.19. The highest BCUT2D eigenvalue weighted by molar-refractivity contribution is 6.42. The number of carbonyl (C=O) groups is 2. The van der Waals surface area contributed by atoms with E-state index in [0.29, 0.717) is 35.2 Å². The van der Waals surface area contributed by atoms with Crippen molar-refractivity contribution in [2.24, 2.45) is 5.92 Å². The number of amides is 2. The summed E-state index contributed by atoms with van der Waals surface area (Å²) >= 11 is 11.9. The number of carbonyl (C=O) groups excluding carboxylic acids is 2. The van der Waals surface area contributed by atoms with Gasteiger partial charge < -0.3 is 15.1 Å². The first-order chi connectivity index (χ1) is 11.0. The van der Waals surface area contributed by atoms with Gasteiger partial charge in [0.2, 0.25) is 11.8 Å². The van der Waals surface area contributed by atoms with Crippen molar-refractivity contribution in [3.05, 3.63) is 28.2 Å². The summed E-state index contributed by atoms with van der Waals surface area (Å²) in [5.41, 5.74) is 0.688. The molecule has 132 valence electrons. The van der Waals surface area contributed by atoms with Gasteiger partial charge in [-0.25, -0.2) is 0 Å². The molecule has 2 atom stereocenters. The van der Waals surface area contributed by atoms with Gasteiger partial charge in [0.05, 0.1) is 10.0 Å². The Morgan fingerprint density at radius 1 is 1.25 bits per heavy atom. The lowest BCUT2D eigenvalue weighted by Gasteiger charge is -2.35. The average Bonchev–Trinajstić information content (AvgIpc) is 2.91. The SMILES string of the molecule is C[C@H]1CNCCN1C(=O)C1CCN(c2ccc(Cl)c(Cl)c2)C1=O.Cl. The Morgan fingerprint density at radius 3 is 2.67 bits per heavy atom. The van der Waals surface area contributed by atoms with Crippen LogP contribution >= 0.6 is 35.6 Å². The van der Waals surface area contributed by atoms with Crippen molar-refractivity contribution in [1.29, 1.82) is 0 Å². The van der Waals surface area contributed by atoms with Gasteiger partial charge in [0.1, 0.15) is 5.92 Å². The number of benzene rings is 1. The van der Waals surface area contributed by atoms with Crippen LogP contribution in [0.2, 0.25) is 10.0 Å². The van der Waals surface area contributed by atoms with Crippen LogP contribution in [0.5, 0.6) is 0 Å². The van der Waals surface area contributed by atoms with E-state index in [1.54, 1.807) is 23.1 Å². The fourth-order valence-corrected chi connectivity index (χ4v) is 3.48. The maximum absolute atomic E-state index is 12.7. The zero-order valence-corrected chi connectivity index (χ0v) is 15.6. The Labute approximate surface area is 157 Å². The van der Waals surface area contributed by atoms with E-state index in [1.807, 2.05) is 11.8 Å². The molecule has 2 amide bonds. The lowest BCUT2D eigenvalue weighted by atomic mass is 10.0. The third-order valence-corrected chi connectivity index (χ3v) is 5.24. The van der Waals surface area contributed by atoms with Crippen LogP contribution < -0.4 is 10.2 Å². The maximum atomic E-state index is 12.7. The molecular weight excluding hydrogens is 373 g/mol. The molecule has 5 nitrogen and oxygen atoms in total. The van der Waals surface area contributed by atoms with E-state index in [9.17, 15) is 9.59 Å². The van der Waals surface area contributed by atoms with Crippen molar-refractivity contribution in [3.63, 3.8) is 0 Å². The van der Waals surface area contributed by atoms with Gasteiger partial charge in [-0.1, -0.05) is 23.2 Å². The Morgan fingerprint density at radius 2 is 2.00 bits per heavy atom. The number of nitrogens with one attached hydrogen (secondary N) is 1. The zero-order valence-electron chi connectivity index (χ0n) is 13.3. The van der Waals surface area contributed by atoms with E-state index in [2.05, 4.69) is 5.32 Å². The lowest BCUT2D eigenvalue weighted by molar-refractivity contribution is -0.142. The fraction of sp³-hybridized carbons (Fsp3) is 0.500. The van der Waals surface area contributed by atoms with Gasteiger partial charge in [0.25, 0.3) is 0 Å². The highest BCUT2D eigenvalue weighted by atomic mass is 35.5. The number of nitrogens with zero attached hydrogens (tertiary/aromatic N) is 2. The minimum absolute atomic E-state index is 0. The van der Waals surface area contributed by atoms with Crippen LogP contribution in [-0.2, 0) is 9.59 Å². The topological polar surface area (TPSA) is 52.7 Å². The van der Waals surface area contributed by atoms with Crippen molar-refractivity contribution >= 4 is 53.1 Å². The Balaban J connectivity index is 0.00000208. The van der Waals surface area contributed by atoms with E-state index < -0.39 is 5.92 Å². The summed E-state index contributed by atoms with van der Waals surface area (Å²) in [6.07, 6.45) is 0.536. The second-order valence-corrected chi connectivity index (χ2v) is 6.83. The van der Waals surface area contributed by atoms with Gasteiger partial charge >= 0.3 is 0 Å². The minimum atomic E-state index is -0.593. The summed E-state index contributed by atoms with van der Waals surface area (Å²) in [7, 11) is 0. The largest absolute Gasteiger partial charge is 0.337 e. The Hall–Kier alpha value is -1.01. The molecule has 1 N–H and O–H groups in total. The van der Waals surface area contributed by atoms with Crippen LogP contribution in [-0.4, -0.2) is 48.9 Å². The second-order valence-electron chi connectivity index (χ2n) is 6.01. The van der Waals surface area contributed by atoms with Crippen LogP contribution in [0.25, 0.3) is 0 Å². The van der Waals surface area contributed by atoms with Crippen LogP contribution in [0.4, 0.5) is 5.69 Å². The zero-order chi connectivity index (χ0) is 16.6. The van der Waals surface area contributed by atoms with Crippen molar-refractivity contribution in [2.75, 3.05) is 31.1 Å². The third kappa shape index (κ3) is 3.64. The standard InChI is InChI=1S/C16H19Cl2N3O2.ClH/c1-10-9-19-5-7-20(10)15(22)12-4-6-21(16(12)23)11-2-3-13(17)14(18)8-11;/h2-3,8,10,12,19H,4-7,9H2,1H3;1H/t10-,12?;/m0./s1. The predicted molar refractivity (Wildman–Crippen MR) is 98.2 cm³/mol. The van der Waals surface area contributed by atoms with E-state index in [4.69, 9.17) is 23.2 Å². The second kappa shape index (κ2) is 7.91. The molecule has 3 rings (SSSR count). The van der Waals surface area contributed by atoms with Gasteiger partial charge in [-0.2, -0.15) is 0 Å². The van der Waals surface area contributed by atoms with Gasteiger partial charge in [-0.3, -0.25) is 9.59 Å². The normalized spacial score (nSPS) is 24.0. The first-order valence-corrected chi connectivity index (χ1v) is 8.52. The third-order valence-electron chi connectivity index (χ3n) is 4.50. The maximum Gasteiger partial charge on any atom is 0.239 e. The summed E-state index contributed by atoms with van der Waals surface area (Å²) in [6, 6.07) is 5.21. The molecule has 0 radical (unpaired) electrons. The first kappa shape index (κ1) is 19.3. The van der Waals surface area contributed by atoms with Gasteiger partial charge in [0.15, 0.2) is 0 Å². The average molecular weight is 393 g/mol. The molecule has 2 fully saturated rings. The van der Waals surface area contributed by atoms with Crippen LogP contribution in [0.1, 0.15) is 13.3 Å². The molecule has 0 spiro atoms. The van der Waals surface area contributed by atoms with Crippen molar-refractivity contribution in [3.8, 4) is 0 Å². The summed E-state index contributed by atoms with van der Waals surface area (Å²) in [5, 5.41) is 4.10. The molecule has 1 unspecified atom stereocenters. The number of halogens is 3. The molecule has 2 heterocycles. The van der Waals surface area contributed by atoms with Crippen molar-refractivity contribution in [1.82, 2.24) is 10.2 Å². The van der Waals surface area contributed by atoms with Crippen LogP contribution in [0.3, 0.4) is 0 Å². The molecular formula is C16H20Cl3N3O2. The van der Waals surface area contributed by atoms with E-state index in [1.165, 1.54) is 0 Å². The molecule has 0 aliphatic carbocycles. The number of anilines is 1. The highest BCUT2D eigenvalue weighted by Gasteiger charge is 2.41. The van der Waals surface area contributed by atoms with Gasteiger partial charge in [-0.15, -0.1) is 12.4 Å².